The molecule has 0 saturated carbocycles. The SMILES string of the molecule is CC(C)(C)OC(=O)Nc1ccc(C(=O)c2ccc(Cl)c(C(F)(F)F)c2)cc1. The number of anilines is 1. The summed E-state index contributed by atoms with van der Waals surface area (Å²) in [5.41, 5.74) is -1.32. The van der Waals surface area contributed by atoms with E-state index in [0.29, 0.717) is 5.69 Å². The lowest BCUT2D eigenvalue weighted by molar-refractivity contribution is -0.137. The zero-order valence-corrected chi connectivity index (χ0v) is 15.5. The van der Waals surface area contributed by atoms with Gasteiger partial charge in [-0.25, -0.2) is 4.79 Å². The molecule has 4 nitrogen and oxygen atoms in total. The monoisotopic (exact) mass is 399 g/mol. The topological polar surface area (TPSA) is 55.4 Å². The summed E-state index contributed by atoms with van der Waals surface area (Å²) in [5, 5.41) is 2.03. The molecule has 8 heteroatoms. The normalized spacial score (nSPS) is 11.8. The van der Waals surface area contributed by atoms with Crippen molar-refractivity contribution in [2.24, 2.45) is 0 Å². The first-order valence-corrected chi connectivity index (χ1v) is 8.26. The molecule has 0 saturated heterocycles. The van der Waals surface area contributed by atoms with Gasteiger partial charge < -0.3 is 4.74 Å². The van der Waals surface area contributed by atoms with Crippen LogP contribution in [0.5, 0.6) is 0 Å². The number of amides is 1. The second kappa shape index (κ2) is 7.60. The fraction of sp³-hybridized carbons (Fsp3) is 0.263. The average molecular weight is 400 g/mol. The third-order valence-corrected chi connectivity index (χ3v) is 3.66. The van der Waals surface area contributed by atoms with Crippen molar-refractivity contribution < 1.29 is 27.5 Å². The molecule has 0 spiro atoms. The van der Waals surface area contributed by atoms with E-state index in [-0.39, 0.29) is 11.1 Å². The second-order valence-electron chi connectivity index (χ2n) is 6.73. The zero-order chi connectivity index (χ0) is 20.4. The Bertz CT molecular complexity index is 856. The van der Waals surface area contributed by atoms with Gasteiger partial charge in [-0.3, -0.25) is 10.1 Å². The summed E-state index contributed by atoms with van der Waals surface area (Å²) in [5.74, 6) is -0.596. The molecule has 1 N–H and O–H groups in total. The quantitative estimate of drug-likeness (QED) is 0.650. The molecule has 1 amide bonds. The first kappa shape index (κ1) is 20.8. The number of hydrogen-bond donors (Lipinski definition) is 1. The summed E-state index contributed by atoms with van der Waals surface area (Å²) < 4.78 is 43.9. The van der Waals surface area contributed by atoms with Crippen LogP contribution in [0.4, 0.5) is 23.7 Å². The van der Waals surface area contributed by atoms with Gasteiger partial charge in [-0.15, -0.1) is 0 Å². The zero-order valence-electron chi connectivity index (χ0n) is 14.8. The molecule has 0 radical (unpaired) electrons. The van der Waals surface area contributed by atoms with Crippen LogP contribution in [0, 0.1) is 0 Å². The molecule has 0 aromatic heterocycles. The average Bonchev–Trinajstić information content (AvgIpc) is 2.52. The highest BCUT2D eigenvalue weighted by Crippen LogP contribution is 2.35. The van der Waals surface area contributed by atoms with Crippen LogP contribution >= 0.6 is 11.6 Å². The summed E-state index contributed by atoms with van der Waals surface area (Å²) in [7, 11) is 0. The van der Waals surface area contributed by atoms with Gasteiger partial charge in [0.15, 0.2) is 5.78 Å². The van der Waals surface area contributed by atoms with Crippen molar-refractivity contribution in [3.63, 3.8) is 0 Å². The number of carbonyl (C=O) groups is 2. The highest BCUT2D eigenvalue weighted by atomic mass is 35.5. The molecule has 0 aliphatic heterocycles. The van der Waals surface area contributed by atoms with E-state index < -0.39 is 34.2 Å². The van der Waals surface area contributed by atoms with Crippen LogP contribution in [0.2, 0.25) is 5.02 Å². The number of nitrogens with one attached hydrogen (secondary N) is 1. The van der Waals surface area contributed by atoms with Crippen molar-refractivity contribution >= 4 is 29.2 Å². The Morgan fingerprint density at radius 2 is 1.52 bits per heavy atom. The largest absolute Gasteiger partial charge is 0.444 e. The molecule has 0 atom stereocenters. The molecule has 2 aromatic rings. The summed E-state index contributed by atoms with van der Waals surface area (Å²) in [4.78, 5) is 24.1. The molecule has 2 rings (SSSR count). The maximum atomic E-state index is 12.9. The maximum absolute atomic E-state index is 12.9. The van der Waals surface area contributed by atoms with Gasteiger partial charge in [0.05, 0.1) is 10.6 Å². The highest BCUT2D eigenvalue weighted by molar-refractivity contribution is 6.31. The van der Waals surface area contributed by atoms with Crippen molar-refractivity contribution in [3.05, 3.63) is 64.2 Å². The first-order valence-electron chi connectivity index (χ1n) is 7.88. The number of ether oxygens (including phenoxy) is 1. The van der Waals surface area contributed by atoms with E-state index in [4.69, 9.17) is 16.3 Å². The third-order valence-electron chi connectivity index (χ3n) is 3.33. The van der Waals surface area contributed by atoms with E-state index in [1.54, 1.807) is 20.8 Å². The molecule has 0 heterocycles. The van der Waals surface area contributed by atoms with Crippen molar-refractivity contribution in [3.8, 4) is 0 Å². The molecule has 0 fully saturated rings. The Kier molecular flexibility index (Phi) is 5.85. The Labute approximate surface area is 159 Å². The molecular formula is C19H17ClF3NO3. The predicted octanol–water partition coefficient (Wildman–Crippen LogP) is 5.94. The smallest absolute Gasteiger partial charge is 0.417 e. The van der Waals surface area contributed by atoms with Gasteiger partial charge in [0.2, 0.25) is 0 Å². The lowest BCUT2D eigenvalue weighted by Gasteiger charge is -2.19. The predicted molar refractivity (Wildman–Crippen MR) is 96.2 cm³/mol. The summed E-state index contributed by atoms with van der Waals surface area (Å²) in [6.45, 7) is 5.15. The maximum Gasteiger partial charge on any atom is 0.417 e. The lowest BCUT2D eigenvalue weighted by atomic mass is 10.0. The number of rotatable bonds is 3. The molecule has 0 aliphatic carbocycles. The van der Waals surface area contributed by atoms with E-state index in [9.17, 15) is 22.8 Å². The number of benzene rings is 2. The summed E-state index contributed by atoms with van der Waals surface area (Å²) in [6, 6.07) is 8.70. The molecule has 0 bridgehead atoms. The Balaban J connectivity index is 2.18. The van der Waals surface area contributed by atoms with Gasteiger partial charge in [-0.05, 0) is 63.2 Å². The van der Waals surface area contributed by atoms with E-state index in [0.717, 1.165) is 12.1 Å². The first-order chi connectivity index (χ1) is 12.4. The minimum Gasteiger partial charge on any atom is -0.444 e. The van der Waals surface area contributed by atoms with Crippen molar-refractivity contribution in [1.82, 2.24) is 0 Å². The minimum atomic E-state index is -4.66. The second-order valence-corrected chi connectivity index (χ2v) is 7.13. The van der Waals surface area contributed by atoms with Gasteiger partial charge in [0.25, 0.3) is 0 Å². The van der Waals surface area contributed by atoms with Crippen LogP contribution in [-0.4, -0.2) is 17.5 Å². The van der Waals surface area contributed by atoms with Gasteiger partial charge >= 0.3 is 12.3 Å². The number of carbonyl (C=O) groups excluding carboxylic acids is 2. The number of ketones is 1. The highest BCUT2D eigenvalue weighted by Gasteiger charge is 2.33. The molecule has 0 aliphatic rings. The van der Waals surface area contributed by atoms with Crippen LogP contribution in [-0.2, 0) is 10.9 Å². The van der Waals surface area contributed by atoms with Crippen LogP contribution in [0.3, 0.4) is 0 Å². The van der Waals surface area contributed by atoms with Crippen molar-refractivity contribution in [2.75, 3.05) is 5.32 Å². The third kappa shape index (κ3) is 5.72. The van der Waals surface area contributed by atoms with Gasteiger partial charge in [0.1, 0.15) is 5.60 Å². The minimum absolute atomic E-state index is 0.139. The van der Waals surface area contributed by atoms with Gasteiger partial charge in [-0.1, -0.05) is 11.6 Å². The van der Waals surface area contributed by atoms with E-state index in [1.807, 2.05) is 0 Å². The van der Waals surface area contributed by atoms with E-state index in [2.05, 4.69) is 5.32 Å². The van der Waals surface area contributed by atoms with E-state index >= 15 is 0 Å². The van der Waals surface area contributed by atoms with Crippen LogP contribution in [0.15, 0.2) is 42.5 Å². The molecular weight excluding hydrogens is 383 g/mol. The Morgan fingerprint density at radius 1 is 0.963 bits per heavy atom. The standard InChI is InChI=1S/C19H17ClF3NO3/c1-18(2,3)27-17(26)24-13-7-4-11(5-8-13)16(25)12-6-9-15(20)14(10-12)19(21,22)23/h4-10H,1-3H3,(H,24,26). The number of halogens is 4. The number of alkyl halides is 3. The fourth-order valence-corrected chi connectivity index (χ4v) is 2.40. The van der Waals surface area contributed by atoms with Crippen LogP contribution in [0.25, 0.3) is 0 Å². The fourth-order valence-electron chi connectivity index (χ4n) is 2.18. The van der Waals surface area contributed by atoms with Crippen molar-refractivity contribution in [2.45, 2.75) is 32.5 Å². The molecule has 27 heavy (non-hydrogen) atoms. The summed E-state index contributed by atoms with van der Waals surface area (Å²) in [6.07, 6.45) is -5.32. The van der Waals surface area contributed by atoms with Crippen LogP contribution in [0.1, 0.15) is 42.3 Å². The Morgan fingerprint density at radius 3 is 2.04 bits per heavy atom. The van der Waals surface area contributed by atoms with E-state index in [1.165, 1.54) is 30.3 Å². The number of hydrogen-bond acceptors (Lipinski definition) is 3. The molecule has 144 valence electrons. The van der Waals surface area contributed by atoms with Gasteiger partial charge in [-0.2, -0.15) is 13.2 Å². The Hall–Kier alpha value is -2.54. The summed E-state index contributed by atoms with van der Waals surface area (Å²) >= 11 is 5.56. The van der Waals surface area contributed by atoms with Crippen molar-refractivity contribution in [1.29, 1.82) is 0 Å². The lowest BCUT2D eigenvalue weighted by Crippen LogP contribution is -2.27. The molecule has 0 unspecified atom stereocenters. The molecule has 2 aromatic carbocycles. The van der Waals surface area contributed by atoms with Gasteiger partial charge in [0, 0.05) is 16.8 Å². The van der Waals surface area contributed by atoms with Crippen LogP contribution < -0.4 is 5.32 Å².